The summed E-state index contributed by atoms with van der Waals surface area (Å²) in [5.74, 6) is 0. The van der Waals surface area contributed by atoms with Gasteiger partial charge in [0, 0.05) is 36.8 Å². The van der Waals surface area contributed by atoms with Crippen molar-refractivity contribution in [1.29, 1.82) is 5.26 Å². The van der Waals surface area contributed by atoms with Crippen molar-refractivity contribution in [2.24, 2.45) is 0 Å². The Balaban J connectivity index is 2.30. The smallest absolute Gasteiger partial charge is 0.152 e. The van der Waals surface area contributed by atoms with Gasteiger partial charge in [-0.15, -0.1) is 0 Å². The molecule has 0 saturated carbocycles. The van der Waals surface area contributed by atoms with Crippen LogP contribution in [0.5, 0.6) is 0 Å². The summed E-state index contributed by atoms with van der Waals surface area (Å²) in [7, 11) is -1.14. The van der Waals surface area contributed by atoms with Crippen LogP contribution in [0.1, 0.15) is 15.9 Å². The molecule has 2 rings (SSSR count). The Kier molecular flexibility index (Phi) is 5.07. The molecule has 0 aliphatic heterocycles. The molecular formula is C16H19ClN2O2Si. The van der Waals surface area contributed by atoms with Crippen LogP contribution in [0.25, 0.3) is 10.9 Å². The standard InChI is InChI=1S/C16H19ClN2O2Si/c1-22(2,3)5-4-21-11-19-9-13(8-18)15-7-14(17)6-12(10-20)16(15)19/h6-7,9-10H,4-5,11H2,1-3H3. The molecule has 2 aromatic rings. The van der Waals surface area contributed by atoms with E-state index in [1.165, 1.54) is 0 Å². The van der Waals surface area contributed by atoms with Crippen molar-refractivity contribution >= 4 is 36.9 Å². The van der Waals surface area contributed by atoms with Crippen LogP contribution >= 0.6 is 11.6 Å². The minimum atomic E-state index is -1.14. The molecule has 0 atom stereocenters. The molecule has 0 spiro atoms. The molecule has 0 saturated heterocycles. The Labute approximate surface area is 136 Å². The van der Waals surface area contributed by atoms with Gasteiger partial charge in [0.15, 0.2) is 6.29 Å². The second-order valence-electron chi connectivity index (χ2n) is 6.48. The molecule has 22 heavy (non-hydrogen) atoms. The highest BCUT2D eigenvalue weighted by Gasteiger charge is 2.15. The predicted molar refractivity (Wildman–Crippen MR) is 91.2 cm³/mol. The molecule has 116 valence electrons. The number of aromatic nitrogens is 1. The molecule has 0 radical (unpaired) electrons. The molecule has 0 aliphatic rings. The largest absolute Gasteiger partial charge is 0.361 e. The van der Waals surface area contributed by atoms with Crippen LogP contribution in [0, 0.1) is 11.3 Å². The Hall–Kier alpha value is -1.61. The van der Waals surface area contributed by atoms with Crippen LogP contribution < -0.4 is 0 Å². The number of rotatable bonds is 6. The second-order valence-corrected chi connectivity index (χ2v) is 12.5. The van der Waals surface area contributed by atoms with Gasteiger partial charge in [-0.25, -0.2) is 0 Å². The molecule has 6 heteroatoms. The van der Waals surface area contributed by atoms with Gasteiger partial charge in [-0.05, 0) is 18.2 Å². The third-order valence-electron chi connectivity index (χ3n) is 3.44. The average molecular weight is 335 g/mol. The minimum absolute atomic E-state index is 0.325. The quantitative estimate of drug-likeness (QED) is 0.450. The number of carbonyl (C=O) groups is 1. The molecule has 0 amide bonds. The Bertz CT molecular complexity index is 741. The summed E-state index contributed by atoms with van der Waals surface area (Å²) in [5, 5.41) is 10.4. The van der Waals surface area contributed by atoms with Crippen LogP contribution in [0.4, 0.5) is 0 Å². The number of hydrogen-bond acceptors (Lipinski definition) is 3. The number of carbonyl (C=O) groups excluding carboxylic acids is 1. The Morgan fingerprint density at radius 2 is 2.14 bits per heavy atom. The highest BCUT2D eigenvalue weighted by molar-refractivity contribution is 6.76. The summed E-state index contributed by atoms with van der Waals surface area (Å²) >= 11 is 6.01. The lowest BCUT2D eigenvalue weighted by atomic mass is 10.1. The highest BCUT2D eigenvalue weighted by atomic mass is 35.5. The summed E-state index contributed by atoms with van der Waals surface area (Å²) in [6.45, 7) is 7.89. The molecular weight excluding hydrogens is 316 g/mol. The maximum absolute atomic E-state index is 11.3. The van der Waals surface area contributed by atoms with Gasteiger partial charge >= 0.3 is 0 Å². The third kappa shape index (κ3) is 3.77. The van der Waals surface area contributed by atoms with Gasteiger partial charge in [0.05, 0.1) is 11.1 Å². The molecule has 0 bridgehead atoms. The van der Waals surface area contributed by atoms with Crippen LogP contribution in [0.3, 0.4) is 0 Å². The van der Waals surface area contributed by atoms with Crippen molar-refractivity contribution in [2.45, 2.75) is 32.4 Å². The number of fused-ring (bicyclic) bond motifs is 1. The van der Waals surface area contributed by atoms with E-state index in [1.807, 2.05) is 0 Å². The van der Waals surface area contributed by atoms with E-state index in [9.17, 15) is 10.1 Å². The maximum atomic E-state index is 11.3. The van der Waals surface area contributed by atoms with E-state index in [0.29, 0.717) is 40.4 Å². The monoisotopic (exact) mass is 334 g/mol. The zero-order valence-corrected chi connectivity index (χ0v) is 14.8. The first kappa shape index (κ1) is 16.8. The molecule has 1 heterocycles. The fraction of sp³-hybridized carbons (Fsp3) is 0.375. The molecule has 0 N–H and O–H groups in total. The number of benzene rings is 1. The van der Waals surface area contributed by atoms with E-state index in [0.717, 1.165) is 12.3 Å². The number of aldehydes is 1. The Morgan fingerprint density at radius 3 is 2.73 bits per heavy atom. The molecule has 1 aromatic heterocycles. The third-order valence-corrected chi connectivity index (χ3v) is 5.36. The van der Waals surface area contributed by atoms with Crippen molar-refractivity contribution in [1.82, 2.24) is 4.57 Å². The summed E-state index contributed by atoms with van der Waals surface area (Å²) < 4.78 is 7.53. The number of hydrogen-bond donors (Lipinski definition) is 0. The first-order chi connectivity index (χ1) is 10.4. The summed E-state index contributed by atoms with van der Waals surface area (Å²) in [6.07, 6.45) is 2.47. The number of nitrogens with zero attached hydrogens (tertiary/aromatic N) is 2. The lowest BCUT2D eigenvalue weighted by molar-refractivity contribution is 0.0901. The fourth-order valence-electron chi connectivity index (χ4n) is 2.26. The zero-order chi connectivity index (χ0) is 16.3. The van der Waals surface area contributed by atoms with Gasteiger partial charge in [-0.1, -0.05) is 31.2 Å². The van der Waals surface area contributed by atoms with E-state index in [-0.39, 0.29) is 0 Å². The normalized spacial score (nSPS) is 11.6. The topological polar surface area (TPSA) is 55.0 Å². The van der Waals surface area contributed by atoms with Crippen LogP contribution in [-0.2, 0) is 11.5 Å². The van der Waals surface area contributed by atoms with Crippen LogP contribution in [-0.4, -0.2) is 25.5 Å². The van der Waals surface area contributed by atoms with Gasteiger partial charge in [-0.2, -0.15) is 5.26 Å². The molecule has 0 fully saturated rings. The van der Waals surface area contributed by atoms with Crippen LogP contribution in [0.15, 0.2) is 18.3 Å². The Morgan fingerprint density at radius 1 is 1.41 bits per heavy atom. The zero-order valence-electron chi connectivity index (χ0n) is 13.0. The SMILES string of the molecule is C[Si](C)(C)CCOCn1cc(C#N)c2cc(Cl)cc(C=O)c21. The summed E-state index contributed by atoms with van der Waals surface area (Å²) in [6, 6.07) is 6.53. The number of ether oxygens (including phenoxy) is 1. The van der Waals surface area contributed by atoms with Crippen molar-refractivity contribution in [3.05, 3.63) is 34.5 Å². The summed E-state index contributed by atoms with van der Waals surface area (Å²) in [4.78, 5) is 11.3. The predicted octanol–water partition coefficient (Wildman–Crippen LogP) is 4.29. The summed E-state index contributed by atoms with van der Waals surface area (Å²) in [5.41, 5.74) is 1.66. The highest BCUT2D eigenvalue weighted by Crippen LogP contribution is 2.27. The molecule has 0 unspecified atom stereocenters. The fourth-order valence-corrected chi connectivity index (χ4v) is 3.24. The van der Waals surface area contributed by atoms with E-state index < -0.39 is 8.07 Å². The maximum Gasteiger partial charge on any atom is 0.152 e. The first-order valence-electron chi connectivity index (χ1n) is 7.11. The van der Waals surface area contributed by atoms with E-state index in [2.05, 4.69) is 25.7 Å². The number of halogens is 1. The van der Waals surface area contributed by atoms with Crippen molar-refractivity contribution in [3.63, 3.8) is 0 Å². The van der Waals surface area contributed by atoms with E-state index in [1.54, 1.807) is 22.9 Å². The van der Waals surface area contributed by atoms with Gasteiger partial charge < -0.3 is 9.30 Å². The number of nitriles is 1. The molecule has 1 aromatic carbocycles. The molecule has 0 aliphatic carbocycles. The lowest BCUT2D eigenvalue weighted by Crippen LogP contribution is -2.22. The van der Waals surface area contributed by atoms with E-state index in [4.69, 9.17) is 16.3 Å². The first-order valence-corrected chi connectivity index (χ1v) is 11.2. The molecule has 4 nitrogen and oxygen atoms in total. The van der Waals surface area contributed by atoms with Gasteiger partial charge in [0.2, 0.25) is 0 Å². The van der Waals surface area contributed by atoms with Gasteiger partial charge in [0.25, 0.3) is 0 Å². The van der Waals surface area contributed by atoms with Crippen molar-refractivity contribution in [2.75, 3.05) is 6.61 Å². The van der Waals surface area contributed by atoms with Crippen molar-refractivity contribution < 1.29 is 9.53 Å². The lowest BCUT2D eigenvalue weighted by Gasteiger charge is -2.16. The van der Waals surface area contributed by atoms with Crippen LogP contribution in [0.2, 0.25) is 30.7 Å². The second kappa shape index (κ2) is 6.65. The average Bonchev–Trinajstić information content (AvgIpc) is 2.79. The van der Waals surface area contributed by atoms with Gasteiger partial charge in [-0.3, -0.25) is 4.79 Å². The van der Waals surface area contributed by atoms with Gasteiger partial charge in [0.1, 0.15) is 12.8 Å². The minimum Gasteiger partial charge on any atom is -0.361 e. The van der Waals surface area contributed by atoms with Crippen molar-refractivity contribution in [3.8, 4) is 6.07 Å². The van der Waals surface area contributed by atoms with E-state index >= 15 is 0 Å².